The lowest BCUT2D eigenvalue weighted by molar-refractivity contribution is -0.123. The smallest absolute Gasteiger partial charge is 0.186 e. The van der Waals surface area contributed by atoms with Crippen LogP contribution in [0, 0.1) is 0 Å². The van der Waals surface area contributed by atoms with Gasteiger partial charge < -0.3 is 0 Å². The molecule has 0 atom stereocenters. The Morgan fingerprint density at radius 3 is 2.56 bits per heavy atom. The second-order valence-corrected chi connectivity index (χ2v) is 3.66. The second-order valence-electron chi connectivity index (χ2n) is 2.18. The number of ketones is 1. The zero-order chi connectivity index (χ0) is 6.85. The van der Waals surface area contributed by atoms with Crippen molar-refractivity contribution in [3.05, 3.63) is 0 Å². The van der Waals surface area contributed by atoms with Crippen molar-refractivity contribution < 1.29 is 9.59 Å². The van der Waals surface area contributed by atoms with Crippen LogP contribution in [0.4, 0.5) is 0 Å². The minimum absolute atomic E-state index is 0.118. The monoisotopic (exact) mass is 144 g/mol. The van der Waals surface area contributed by atoms with E-state index in [1.165, 1.54) is 18.7 Å². The third-order valence-corrected chi connectivity index (χ3v) is 2.24. The molecular weight excluding hydrogens is 136 g/mol. The normalized spacial score (nSPS) is 19.4. The molecule has 0 saturated heterocycles. The van der Waals surface area contributed by atoms with Crippen molar-refractivity contribution in [2.24, 2.45) is 0 Å². The van der Waals surface area contributed by atoms with Crippen LogP contribution in [0.15, 0.2) is 0 Å². The van der Waals surface area contributed by atoms with Gasteiger partial charge in [0.05, 0.1) is 0 Å². The number of rotatable bonds is 1. The van der Waals surface area contributed by atoms with E-state index in [2.05, 4.69) is 0 Å². The average molecular weight is 144 g/mol. The summed E-state index contributed by atoms with van der Waals surface area (Å²) >= 11 is 1.29. The average Bonchev–Trinajstić information content (AvgIpc) is 1.60. The molecule has 0 bridgehead atoms. The molecule has 0 amide bonds. The highest BCUT2D eigenvalue weighted by atomic mass is 32.2. The maximum Gasteiger partial charge on any atom is 0.186 e. The number of carbonyl (C=O) groups excluding carboxylic acids is 2. The van der Waals surface area contributed by atoms with Gasteiger partial charge in [0, 0.05) is 25.0 Å². The summed E-state index contributed by atoms with van der Waals surface area (Å²) in [6.45, 7) is 1.54. The van der Waals surface area contributed by atoms with Gasteiger partial charge in [-0.15, -0.1) is 0 Å². The molecule has 0 unspecified atom stereocenters. The Morgan fingerprint density at radius 1 is 1.67 bits per heavy atom. The summed E-state index contributed by atoms with van der Waals surface area (Å²) < 4.78 is 0. The highest BCUT2D eigenvalue weighted by molar-refractivity contribution is 8.14. The Morgan fingerprint density at radius 2 is 2.22 bits per heavy atom. The fourth-order valence-corrected chi connectivity index (χ4v) is 1.77. The molecule has 2 nitrogen and oxygen atoms in total. The zero-order valence-corrected chi connectivity index (χ0v) is 6.03. The Labute approximate surface area is 58.0 Å². The van der Waals surface area contributed by atoms with Gasteiger partial charge in [-0.25, -0.2) is 0 Å². The molecular formula is C6H8O2S. The quantitative estimate of drug-likeness (QED) is 0.550. The highest BCUT2D eigenvalue weighted by Crippen LogP contribution is 2.28. The molecule has 3 heteroatoms. The first kappa shape index (κ1) is 6.81. The van der Waals surface area contributed by atoms with Gasteiger partial charge in [-0.2, -0.15) is 0 Å². The topological polar surface area (TPSA) is 34.1 Å². The van der Waals surface area contributed by atoms with Gasteiger partial charge >= 0.3 is 0 Å². The number of thioether (sulfide) groups is 1. The summed E-state index contributed by atoms with van der Waals surface area (Å²) in [4.78, 5) is 20.8. The van der Waals surface area contributed by atoms with Crippen molar-refractivity contribution in [1.29, 1.82) is 0 Å². The van der Waals surface area contributed by atoms with Gasteiger partial charge in [-0.3, -0.25) is 9.59 Å². The molecule has 1 rings (SSSR count). The Kier molecular flexibility index (Phi) is 1.90. The molecule has 0 aromatic carbocycles. The van der Waals surface area contributed by atoms with E-state index < -0.39 is 0 Å². The molecule has 50 valence electrons. The predicted octanol–water partition coefficient (Wildman–Crippen LogP) is 0.998. The zero-order valence-electron chi connectivity index (χ0n) is 5.22. The minimum Gasteiger partial charge on any atom is -0.300 e. The molecule has 1 saturated carbocycles. The van der Waals surface area contributed by atoms with E-state index in [4.69, 9.17) is 0 Å². The van der Waals surface area contributed by atoms with Crippen LogP contribution >= 0.6 is 11.8 Å². The van der Waals surface area contributed by atoms with Crippen LogP contribution in [0.2, 0.25) is 0 Å². The van der Waals surface area contributed by atoms with E-state index in [-0.39, 0.29) is 10.9 Å². The summed E-state index contributed by atoms with van der Waals surface area (Å²) in [5.74, 6) is 0.286. The van der Waals surface area contributed by atoms with Crippen LogP contribution < -0.4 is 0 Å². The summed E-state index contributed by atoms with van der Waals surface area (Å²) in [5.41, 5.74) is 0. The largest absolute Gasteiger partial charge is 0.300 e. The van der Waals surface area contributed by atoms with Crippen molar-refractivity contribution in [2.45, 2.75) is 25.0 Å². The minimum atomic E-state index is 0.118. The van der Waals surface area contributed by atoms with Crippen LogP contribution in [0.5, 0.6) is 0 Å². The Hall–Kier alpha value is -0.310. The van der Waals surface area contributed by atoms with E-state index in [0.717, 1.165) is 0 Å². The lowest BCUT2D eigenvalue weighted by Gasteiger charge is -2.21. The van der Waals surface area contributed by atoms with Crippen LogP contribution in [0.1, 0.15) is 19.8 Å². The fourth-order valence-electron chi connectivity index (χ4n) is 0.766. The van der Waals surface area contributed by atoms with Gasteiger partial charge in [0.1, 0.15) is 5.78 Å². The summed E-state index contributed by atoms with van der Waals surface area (Å²) in [7, 11) is 0. The van der Waals surface area contributed by atoms with E-state index in [0.29, 0.717) is 18.1 Å². The van der Waals surface area contributed by atoms with Crippen molar-refractivity contribution in [2.75, 3.05) is 0 Å². The highest BCUT2D eigenvalue weighted by Gasteiger charge is 2.27. The maximum atomic E-state index is 10.4. The van der Waals surface area contributed by atoms with Gasteiger partial charge in [0.25, 0.3) is 0 Å². The standard InChI is InChI=1S/C6H8O2S/c1-4(7)9-6-2-5(8)3-6/h6H,2-3H2,1H3. The van der Waals surface area contributed by atoms with Crippen molar-refractivity contribution in [1.82, 2.24) is 0 Å². The number of carbonyl (C=O) groups is 2. The molecule has 0 aliphatic heterocycles. The van der Waals surface area contributed by atoms with E-state index in [1.807, 2.05) is 0 Å². The van der Waals surface area contributed by atoms with Crippen LogP contribution in [0.3, 0.4) is 0 Å². The van der Waals surface area contributed by atoms with Crippen molar-refractivity contribution in [3.8, 4) is 0 Å². The second kappa shape index (κ2) is 2.52. The van der Waals surface area contributed by atoms with E-state index >= 15 is 0 Å². The van der Waals surface area contributed by atoms with Crippen LogP contribution in [-0.4, -0.2) is 16.1 Å². The molecule has 0 heterocycles. The van der Waals surface area contributed by atoms with Crippen molar-refractivity contribution >= 4 is 22.7 Å². The first-order chi connectivity index (χ1) is 4.18. The summed E-state index contributed by atoms with van der Waals surface area (Å²) in [5, 5.41) is 0.419. The van der Waals surface area contributed by atoms with E-state index in [9.17, 15) is 9.59 Å². The first-order valence-electron chi connectivity index (χ1n) is 2.87. The SMILES string of the molecule is CC(=O)SC1CC(=O)C1. The third kappa shape index (κ3) is 1.82. The summed E-state index contributed by atoms with van der Waals surface area (Å²) in [6.07, 6.45) is 1.20. The first-order valence-corrected chi connectivity index (χ1v) is 3.75. The molecule has 1 aliphatic carbocycles. The molecule has 1 aliphatic rings. The van der Waals surface area contributed by atoms with Crippen LogP contribution in [0.25, 0.3) is 0 Å². The van der Waals surface area contributed by atoms with Gasteiger partial charge in [0.15, 0.2) is 5.12 Å². The third-order valence-electron chi connectivity index (χ3n) is 1.24. The number of hydrogen-bond donors (Lipinski definition) is 0. The molecule has 0 aromatic heterocycles. The lowest BCUT2D eigenvalue weighted by Crippen LogP contribution is -2.26. The van der Waals surface area contributed by atoms with E-state index in [1.54, 1.807) is 0 Å². The molecule has 0 N–H and O–H groups in total. The van der Waals surface area contributed by atoms with Gasteiger partial charge in [-0.1, -0.05) is 11.8 Å². The maximum absolute atomic E-state index is 10.4. The number of Topliss-reactive ketones (excluding diaryl/α,β-unsaturated/α-hetero) is 1. The number of hydrogen-bond acceptors (Lipinski definition) is 3. The summed E-state index contributed by atoms with van der Waals surface area (Å²) in [6, 6.07) is 0. The van der Waals surface area contributed by atoms with Gasteiger partial charge in [0.2, 0.25) is 0 Å². The lowest BCUT2D eigenvalue weighted by atomic mass is 9.98. The molecule has 1 fully saturated rings. The molecule has 9 heavy (non-hydrogen) atoms. The predicted molar refractivity (Wildman–Crippen MR) is 36.3 cm³/mol. The fraction of sp³-hybridized carbons (Fsp3) is 0.667. The van der Waals surface area contributed by atoms with Crippen molar-refractivity contribution in [3.63, 3.8) is 0 Å². The van der Waals surface area contributed by atoms with Crippen LogP contribution in [-0.2, 0) is 9.59 Å². The van der Waals surface area contributed by atoms with Gasteiger partial charge in [-0.05, 0) is 0 Å². The Bertz CT molecular complexity index is 145. The Balaban J connectivity index is 2.18. The molecule has 0 radical (unpaired) electrons. The molecule has 0 spiro atoms. The molecule has 0 aromatic rings.